The van der Waals surface area contributed by atoms with Gasteiger partial charge in [0.05, 0.1) is 23.9 Å². The zero-order chi connectivity index (χ0) is 23.0. The average Bonchev–Trinajstić information content (AvgIpc) is 2.63. The molecule has 0 aliphatic carbocycles. The van der Waals surface area contributed by atoms with Crippen LogP contribution in [-0.4, -0.2) is 71.5 Å². The molecule has 0 rings (SSSR count). The van der Waals surface area contributed by atoms with Crippen LogP contribution < -0.4 is 0 Å². The molecule has 172 valence electrons. The highest BCUT2D eigenvalue weighted by molar-refractivity contribution is 5.96. The summed E-state index contributed by atoms with van der Waals surface area (Å²) in [6.07, 6.45) is 0.434. The number of ketones is 1. The van der Waals surface area contributed by atoms with Crippen LogP contribution in [0.15, 0.2) is 12.2 Å². The summed E-state index contributed by atoms with van der Waals surface area (Å²) in [6.45, 7) is 9.70. The highest BCUT2D eigenvalue weighted by atomic mass is 16.4. The van der Waals surface area contributed by atoms with Crippen molar-refractivity contribution in [3.63, 3.8) is 0 Å². The van der Waals surface area contributed by atoms with E-state index in [1.54, 1.807) is 13.0 Å². The van der Waals surface area contributed by atoms with Crippen LogP contribution in [0.3, 0.4) is 0 Å². The molecule has 7 unspecified atom stereocenters. The molecule has 0 heterocycles. The van der Waals surface area contributed by atoms with E-state index in [2.05, 4.69) is 0 Å². The van der Waals surface area contributed by atoms with Crippen molar-refractivity contribution in [1.82, 2.24) is 0 Å². The highest BCUT2D eigenvalue weighted by Gasteiger charge is 2.42. The molecular formula is C22H42O7. The van der Waals surface area contributed by atoms with Crippen molar-refractivity contribution in [3.8, 4) is 0 Å². The monoisotopic (exact) mass is 418 g/mol. The minimum Gasteiger partial charge on any atom is -0.390 e. The minimum absolute atomic E-state index is 0.113. The molecule has 0 aliphatic rings. The second kappa shape index (κ2) is 11.5. The van der Waals surface area contributed by atoms with Crippen LogP contribution in [0.5, 0.6) is 0 Å². The molecule has 29 heavy (non-hydrogen) atoms. The third-order valence-electron chi connectivity index (χ3n) is 5.98. The normalized spacial score (nSPS) is 22.9. The fourth-order valence-corrected chi connectivity index (χ4v) is 2.98. The van der Waals surface area contributed by atoms with Gasteiger partial charge in [-0.25, -0.2) is 0 Å². The number of hydrogen-bond donors (Lipinski definition) is 6. The number of aliphatic hydroxyl groups is 6. The Morgan fingerprint density at radius 1 is 0.931 bits per heavy atom. The van der Waals surface area contributed by atoms with Gasteiger partial charge in [0.2, 0.25) is 0 Å². The van der Waals surface area contributed by atoms with Gasteiger partial charge in [-0.15, -0.1) is 0 Å². The Balaban J connectivity index is 4.90. The second-order valence-electron chi connectivity index (χ2n) is 9.02. The van der Waals surface area contributed by atoms with E-state index in [0.717, 1.165) is 12.8 Å². The maximum Gasteiger partial charge on any atom is 0.186 e. The predicted molar refractivity (Wildman–Crippen MR) is 112 cm³/mol. The summed E-state index contributed by atoms with van der Waals surface area (Å²) in [5, 5.41) is 61.7. The number of hydrogen-bond acceptors (Lipinski definition) is 7. The van der Waals surface area contributed by atoms with Crippen molar-refractivity contribution in [2.45, 2.75) is 115 Å². The first-order valence-electron chi connectivity index (χ1n) is 10.6. The lowest BCUT2D eigenvalue weighted by molar-refractivity contribution is -0.163. The van der Waals surface area contributed by atoms with Crippen LogP contribution in [0, 0.1) is 5.92 Å². The maximum atomic E-state index is 12.3. The molecule has 6 N–H and O–H groups in total. The molecule has 7 atom stereocenters. The number of aliphatic hydroxyl groups excluding tert-OH is 3. The van der Waals surface area contributed by atoms with Crippen LogP contribution in [0.1, 0.15) is 80.1 Å². The van der Waals surface area contributed by atoms with Gasteiger partial charge in [0, 0.05) is 6.42 Å². The first-order chi connectivity index (χ1) is 13.1. The minimum atomic E-state index is -1.99. The van der Waals surface area contributed by atoms with Crippen LogP contribution >= 0.6 is 0 Å². The summed E-state index contributed by atoms with van der Waals surface area (Å²) in [5.74, 6) is -0.268. The van der Waals surface area contributed by atoms with E-state index in [1.165, 1.54) is 26.8 Å². The van der Waals surface area contributed by atoms with Gasteiger partial charge in [-0.2, -0.15) is 0 Å². The van der Waals surface area contributed by atoms with E-state index in [0.29, 0.717) is 0 Å². The van der Waals surface area contributed by atoms with Gasteiger partial charge in [-0.05, 0) is 58.4 Å². The zero-order valence-corrected chi connectivity index (χ0v) is 18.8. The molecule has 0 saturated carbocycles. The van der Waals surface area contributed by atoms with Gasteiger partial charge >= 0.3 is 0 Å². The lowest BCUT2D eigenvalue weighted by Crippen LogP contribution is -2.53. The maximum absolute atomic E-state index is 12.3. The molecule has 0 aliphatic heterocycles. The van der Waals surface area contributed by atoms with Crippen molar-refractivity contribution in [3.05, 3.63) is 12.2 Å². The number of allylic oxidation sites excluding steroid dienone is 1. The summed E-state index contributed by atoms with van der Waals surface area (Å²) in [6, 6.07) is 0. The highest BCUT2D eigenvalue weighted by Crippen LogP contribution is 2.28. The van der Waals surface area contributed by atoms with Gasteiger partial charge in [-0.1, -0.05) is 33.3 Å². The Hall–Kier alpha value is -0.830. The molecule has 0 aromatic heterocycles. The molecule has 7 nitrogen and oxygen atoms in total. The van der Waals surface area contributed by atoms with E-state index in [1.807, 2.05) is 13.8 Å². The summed E-state index contributed by atoms with van der Waals surface area (Å²) in [4.78, 5) is 12.3. The van der Waals surface area contributed by atoms with Gasteiger partial charge in [0.25, 0.3) is 0 Å². The molecule has 0 aromatic rings. The van der Waals surface area contributed by atoms with E-state index in [4.69, 9.17) is 0 Å². The van der Waals surface area contributed by atoms with Crippen molar-refractivity contribution in [2.75, 3.05) is 0 Å². The zero-order valence-electron chi connectivity index (χ0n) is 18.8. The molecule has 0 radical (unpaired) electrons. The fourth-order valence-electron chi connectivity index (χ4n) is 2.98. The largest absolute Gasteiger partial charge is 0.390 e. The van der Waals surface area contributed by atoms with Gasteiger partial charge < -0.3 is 30.6 Å². The summed E-state index contributed by atoms with van der Waals surface area (Å²) in [5.41, 5.74) is -5.13. The summed E-state index contributed by atoms with van der Waals surface area (Å²) >= 11 is 0. The van der Waals surface area contributed by atoms with E-state index in [-0.39, 0.29) is 31.6 Å². The Labute approximate surface area is 175 Å². The molecule has 0 saturated heterocycles. The molecule has 0 spiro atoms. The molecule has 0 amide bonds. The van der Waals surface area contributed by atoms with Crippen molar-refractivity contribution >= 4 is 5.78 Å². The van der Waals surface area contributed by atoms with Crippen molar-refractivity contribution in [2.24, 2.45) is 5.92 Å². The van der Waals surface area contributed by atoms with E-state index < -0.39 is 40.9 Å². The summed E-state index contributed by atoms with van der Waals surface area (Å²) in [7, 11) is 0. The van der Waals surface area contributed by atoms with Crippen LogP contribution in [0.25, 0.3) is 0 Å². The predicted octanol–water partition coefficient (Wildman–Crippen LogP) is 1.46. The smallest absolute Gasteiger partial charge is 0.186 e. The lowest BCUT2D eigenvalue weighted by atomic mass is 9.81. The topological polar surface area (TPSA) is 138 Å². The molecule has 0 fully saturated rings. The number of carbonyl (C=O) groups excluding carboxylic acids is 1. The van der Waals surface area contributed by atoms with Gasteiger partial charge in [0.1, 0.15) is 11.2 Å². The Morgan fingerprint density at radius 2 is 1.48 bits per heavy atom. The molecular weight excluding hydrogens is 376 g/mol. The standard InChI is InChI=1S/C22H42O7/c1-7-9-15(3)10-11-16(23)21(5,28)13-12-17(24)22(6,29)19(26)14-18(25)20(4,27)8-2/h10-11,15,17-19,24-29H,7-9,12-14H2,1-6H3. The first-order valence-corrected chi connectivity index (χ1v) is 10.6. The van der Waals surface area contributed by atoms with Crippen molar-refractivity contribution in [1.29, 1.82) is 0 Å². The molecule has 7 heteroatoms. The van der Waals surface area contributed by atoms with Crippen molar-refractivity contribution < 1.29 is 35.4 Å². The van der Waals surface area contributed by atoms with Crippen LogP contribution in [-0.2, 0) is 4.79 Å². The summed E-state index contributed by atoms with van der Waals surface area (Å²) < 4.78 is 0. The van der Waals surface area contributed by atoms with Gasteiger partial charge in [-0.3, -0.25) is 4.79 Å². The first kappa shape index (κ1) is 28.2. The van der Waals surface area contributed by atoms with Crippen LogP contribution in [0.2, 0.25) is 0 Å². The number of rotatable bonds is 14. The number of carbonyl (C=O) groups is 1. The van der Waals surface area contributed by atoms with E-state index in [9.17, 15) is 35.4 Å². The Morgan fingerprint density at radius 3 is 1.97 bits per heavy atom. The molecule has 0 aromatic carbocycles. The average molecular weight is 419 g/mol. The Bertz CT molecular complexity index is 525. The van der Waals surface area contributed by atoms with E-state index >= 15 is 0 Å². The SMILES string of the molecule is CCCC(C)C=CC(=O)C(C)(O)CCC(O)C(C)(O)C(O)CC(O)C(C)(O)CC. The second-order valence-corrected chi connectivity index (χ2v) is 9.02. The fraction of sp³-hybridized carbons (Fsp3) is 0.864. The lowest BCUT2D eigenvalue weighted by Gasteiger charge is -2.38. The third kappa shape index (κ3) is 8.82. The quantitative estimate of drug-likeness (QED) is 0.235. The van der Waals surface area contributed by atoms with Crippen LogP contribution in [0.4, 0.5) is 0 Å². The Kier molecular flexibility index (Phi) is 11.2. The van der Waals surface area contributed by atoms with Gasteiger partial charge in [0.15, 0.2) is 5.78 Å². The third-order valence-corrected chi connectivity index (χ3v) is 5.98. The molecule has 0 bridgehead atoms.